The van der Waals surface area contributed by atoms with Crippen molar-refractivity contribution in [1.82, 2.24) is 5.32 Å². The Bertz CT molecular complexity index is 308. The van der Waals surface area contributed by atoms with Crippen molar-refractivity contribution in [1.29, 1.82) is 0 Å². The van der Waals surface area contributed by atoms with E-state index in [1.54, 1.807) is 12.1 Å². The zero-order chi connectivity index (χ0) is 12.5. The van der Waals surface area contributed by atoms with Crippen molar-refractivity contribution in [3.05, 3.63) is 24.2 Å². The Labute approximate surface area is 102 Å². The number of ketones is 1. The van der Waals surface area contributed by atoms with Crippen LogP contribution in [0.4, 0.5) is 0 Å². The molecule has 2 N–H and O–H groups in total. The lowest BCUT2D eigenvalue weighted by Gasteiger charge is -2.10. The molecule has 1 heterocycles. The van der Waals surface area contributed by atoms with E-state index < -0.39 is 0 Å². The lowest BCUT2D eigenvalue weighted by atomic mass is 10.1. The van der Waals surface area contributed by atoms with Crippen molar-refractivity contribution in [3.63, 3.8) is 0 Å². The average molecular weight is 239 g/mol. The number of unbranched alkanes of at least 4 members (excludes halogenated alkanes) is 1. The van der Waals surface area contributed by atoms with Gasteiger partial charge in [0.2, 0.25) is 0 Å². The van der Waals surface area contributed by atoms with Crippen LogP contribution in [0, 0.1) is 0 Å². The van der Waals surface area contributed by atoms with Crippen LogP contribution < -0.4 is 5.32 Å². The molecule has 1 atom stereocenters. The molecule has 0 saturated heterocycles. The minimum Gasteiger partial charge on any atom is -0.461 e. The first-order valence-corrected chi connectivity index (χ1v) is 6.19. The number of aliphatic hydroxyl groups is 1. The maximum Gasteiger partial charge on any atom is 0.199 e. The Hall–Kier alpha value is -1.13. The van der Waals surface area contributed by atoms with Gasteiger partial charge in [-0.05, 0) is 18.6 Å². The second-order valence-corrected chi connectivity index (χ2v) is 4.15. The summed E-state index contributed by atoms with van der Waals surface area (Å²) in [6, 6.07) is 3.37. The van der Waals surface area contributed by atoms with Crippen LogP contribution in [-0.4, -0.2) is 30.1 Å². The fourth-order valence-electron chi connectivity index (χ4n) is 1.57. The van der Waals surface area contributed by atoms with E-state index in [0.29, 0.717) is 25.3 Å². The number of carbonyl (C=O) groups is 1. The smallest absolute Gasteiger partial charge is 0.199 e. The summed E-state index contributed by atoms with van der Waals surface area (Å²) in [7, 11) is 0. The van der Waals surface area contributed by atoms with E-state index in [1.807, 2.05) is 0 Å². The summed E-state index contributed by atoms with van der Waals surface area (Å²) in [5, 5.41) is 12.6. The highest BCUT2D eigenvalue weighted by atomic mass is 16.3. The molecule has 0 aliphatic rings. The number of Topliss-reactive ketones (excluding diaryl/α,β-unsaturated/α-hetero) is 1. The minimum absolute atomic E-state index is 0.00875. The third-order valence-electron chi connectivity index (χ3n) is 2.60. The molecule has 4 heteroatoms. The molecular weight excluding hydrogens is 218 g/mol. The fraction of sp³-hybridized carbons (Fsp3) is 0.615. The predicted molar refractivity (Wildman–Crippen MR) is 66.1 cm³/mol. The molecule has 0 amide bonds. The standard InChI is InChI=1S/C13H21NO3/c1-2-3-5-11(15)10-14-8-7-12(16)13-6-4-9-17-13/h4,6,9,11,14-15H,2-3,5,7-8,10H2,1H3. The molecule has 0 radical (unpaired) electrons. The molecule has 0 bridgehead atoms. The summed E-state index contributed by atoms with van der Waals surface area (Å²) >= 11 is 0. The summed E-state index contributed by atoms with van der Waals surface area (Å²) < 4.78 is 5.00. The number of aliphatic hydroxyl groups excluding tert-OH is 1. The van der Waals surface area contributed by atoms with Gasteiger partial charge in [0, 0.05) is 19.5 Å². The van der Waals surface area contributed by atoms with Crippen molar-refractivity contribution in [3.8, 4) is 0 Å². The maximum atomic E-state index is 11.5. The number of rotatable bonds is 9. The van der Waals surface area contributed by atoms with Gasteiger partial charge in [-0.1, -0.05) is 19.8 Å². The molecule has 0 aliphatic carbocycles. The first kappa shape index (κ1) is 13.9. The number of nitrogens with one attached hydrogen (secondary N) is 1. The Morgan fingerprint density at radius 3 is 3.06 bits per heavy atom. The lowest BCUT2D eigenvalue weighted by molar-refractivity contribution is 0.0952. The Morgan fingerprint density at radius 1 is 1.59 bits per heavy atom. The molecule has 1 unspecified atom stereocenters. The largest absolute Gasteiger partial charge is 0.461 e. The van der Waals surface area contributed by atoms with Gasteiger partial charge in [0.05, 0.1) is 12.4 Å². The highest BCUT2D eigenvalue weighted by molar-refractivity contribution is 5.93. The highest BCUT2D eigenvalue weighted by Crippen LogP contribution is 2.03. The van der Waals surface area contributed by atoms with Crippen molar-refractivity contribution in [2.24, 2.45) is 0 Å². The van der Waals surface area contributed by atoms with Gasteiger partial charge in [-0.3, -0.25) is 4.79 Å². The van der Waals surface area contributed by atoms with Crippen molar-refractivity contribution in [2.45, 2.75) is 38.7 Å². The van der Waals surface area contributed by atoms with Gasteiger partial charge in [-0.15, -0.1) is 0 Å². The van der Waals surface area contributed by atoms with Gasteiger partial charge in [-0.2, -0.15) is 0 Å². The van der Waals surface area contributed by atoms with Crippen molar-refractivity contribution in [2.75, 3.05) is 13.1 Å². The summed E-state index contributed by atoms with van der Waals surface area (Å²) in [4.78, 5) is 11.5. The quantitative estimate of drug-likeness (QED) is 0.511. The van der Waals surface area contributed by atoms with E-state index in [1.165, 1.54) is 6.26 Å². The molecular formula is C13H21NO3. The molecule has 0 spiro atoms. The van der Waals surface area contributed by atoms with Gasteiger partial charge in [0.15, 0.2) is 11.5 Å². The molecule has 1 aromatic rings. The van der Waals surface area contributed by atoms with E-state index in [4.69, 9.17) is 4.42 Å². The third kappa shape index (κ3) is 5.65. The average Bonchev–Trinajstić information content (AvgIpc) is 2.85. The van der Waals surface area contributed by atoms with Crippen LogP contribution in [0.15, 0.2) is 22.8 Å². The number of hydrogen-bond acceptors (Lipinski definition) is 4. The van der Waals surface area contributed by atoms with Gasteiger partial charge in [0.1, 0.15) is 0 Å². The van der Waals surface area contributed by atoms with E-state index in [0.717, 1.165) is 19.3 Å². The van der Waals surface area contributed by atoms with E-state index >= 15 is 0 Å². The fourth-order valence-corrected chi connectivity index (χ4v) is 1.57. The van der Waals surface area contributed by atoms with E-state index in [9.17, 15) is 9.90 Å². The molecule has 1 rings (SSSR count). The second kappa shape index (κ2) is 8.03. The predicted octanol–water partition coefficient (Wildman–Crippen LogP) is 1.99. The molecule has 17 heavy (non-hydrogen) atoms. The van der Waals surface area contributed by atoms with E-state index in [2.05, 4.69) is 12.2 Å². The molecule has 1 aromatic heterocycles. The molecule has 0 saturated carbocycles. The molecule has 0 aromatic carbocycles. The third-order valence-corrected chi connectivity index (χ3v) is 2.60. The number of furan rings is 1. The topological polar surface area (TPSA) is 62.5 Å². The van der Waals surface area contributed by atoms with Crippen LogP contribution in [0.5, 0.6) is 0 Å². The SMILES string of the molecule is CCCCC(O)CNCCC(=O)c1ccco1. The van der Waals surface area contributed by atoms with Crippen LogP contribution in [0.2, 0.25) is 0 Å². The Kier molecular flexibility index (Phi) is 6.58. The lowest BCUT2D eigenvalue weighted by Crippen LogP contribution is -2.28. The Balaban J connectivity index is 2.06. The van der Waals surface area contributed by atoms with Crippen molar-refractivity contribution < 1.29 is 14.3 Å². The number of hydrogen-bond donors (Lipinski definition) is 2. The summed E-state index contributed by atoms with van der Waals surface area (Å²) in [6.45, 7) is 3.22. The van der Waals surface area contributed by atoms with Crippen LogP contribution in [0.25, 0.3) is 0 Å². The van der Waals surface area contributed by atoms with Crippen LogP contribution in [-0.2, 0) is 0 Å². The van der Waals surface area contributed by atoms with Gasteiger partial charge < -0.3 is 14.8 Å². The molecule has 0 aliphatic heterocycles. The summed E-state index contributed by atoms with van der Waals surface area (Å²) in [5.74, 6) is 0.392. The maximum absolute atomic E-state index is 11.5. The molecule has 4 nitrogen and oxygen atoms in total. The van der Waals surface area contributed by atoms with Crippen LogP contribution in [0.1, 0.15) is 43.2 Å². The van der Waals surface area contributed by atoms with Gasteiger partial charge in [0.25, 0.3) is 0 Å². The highest BCUT2D eigenvalue weighted by Gasteiger charge is 2.08. The first-order chi connectivity index (χ1) is 8.24. The van der Waals surface area contributed by atoms with Crippen LogP contribution in [0.3, 0.4) is 0 Å². The van der Waals surface area contributed by atoms with Gasteiger partial charge >= 0.3 is 0 Å². The molecule has 0 fully saturated rings. The monoisotopic (exact) mass is 239 g/mol. The summed E-state index contributed by atoms with van der Waals surface area (Å²) in [6.07, 6.45) is 4.52. The number of carbonyl (C=O) groups excluding carboxylic acids is 1. The van der Waals surface area contributed by atoms with E-state index in [-0.39, 0.29) is 11.9 Å². The zero-order valence-electron chi connectivity index (χ0n) is 10.3. The minimum atomic E-state index is -0.311. The van der Waals surface area contributed by atoms with Gasteiger partial charge in [-0.25, -0.2) is 0 Å². The molecule has 96 valence electrons. The van der Waals surface area contributed by atoms with Crippen molar-refractivity contribution >= 4 is 5.78 Å². The normalized spacial score (nSPS) is 12.6. The first-order valence-electron chi connectivity index (χ1n) is 6.19. The summed E-state index contributed by atoms with van der Waals surface area (Å²) in [5.41, 5.74) is 0. The zero-order valence-corrected chi connectivity index (χ0v) is 10.3. The Morgan fingerprint density at radius 2 is 2.41 bits per heavy atom. The second-order valence-electron chi connectivity index (χ2n) is 4.15. The van der Waals surface area contributed by atoms with Crippen LogP contribution >= 0.6 is 0 Å².